The van der Waals surface area contributed by atoms with Gasteiger partial charge in [0.25, 0.3) is 5.91 Å². The minimum absolute atomic E-state index is 0.157. The Morgan fingerprint density at radius 2 is 1.40 bits per heavy atom. The Kier molecular flexibility index (Phi) is 6.82. The smallest absolute Gasteiger partial charge is 0.254 e. The van der Waals surface area contributed by atoms with Crippen LogP contribution < -0.4 is 24.3 Å². The fraction of sp³-hybridized carbons (Fsp3) is 0.259. The summed E-state index contributed by atoms with van der Waals surface area (Å²) in [6.07, 6.45) is 0. The quantitative estimate of drug-likeness (QED) is 0.548. The Bertz CT molecular complexity index is 1260. The van der Waals surface area contributed by atoms with Gasteiger partial charge in [-0.3, -0.25) is 9.59 Å². The maximum Gasteiger partial charge on any atom is 0.254 e. The zero-order valence-corrected chi connectivity index (χ0v) is 20.3. The monoisotopic (exact) mass is 476 g/mol. The molecule has 8 nitrogen and oxygen atoms in total. The molecule has 0 aromatic heterocycles. The number of nitrogens with one attached hydrogen (secondary N) is 1. The van der Waals surface area contributed by atoms with Crippen molar-refractivity contribution in [3.63, 3.8) is 0 Å². The molecule has 1 heterocycles. The van der Waals surface area contributed by atoms with Gasteiger partial charge in [-0.1, -0.05) is 24.3 Å². The molecular formula is C27H28N2O6. The molecule has 1 aliphatic rings. The number of hydrogen-bond donors (Lipinski definition) is 1. The molecular weight excluding hydrogens is 448 g/mol. The van der Waals surface area contributed by atoms with Gasteiger partial charge in [-0.2, -0.15) is 0 Å². The molecule has 0 saturated heterocycles. The largest absolute Gasteiger partial charge is 0.493 e. The molecule has 2 atom stereocenters. The molecule has 0 aliphatic carbocycles. The molecule has 182 valence electrons. The summed E-state index contributed by atoms with van der Waals surface area (Å²) in [5.41, 5.74) is 2.46. The molecule has 8 heteroatoms. The van der Waals surface area contributed by atoms with Crippen LogP contribution in [0.3, 0.4) is 0 Å². The lowest BCUT2D eigenvalue weighted by Crippen LogP contribution is -2.44. The number of anilines is 1. The molecule has 0 spiro atoms. The second kappa shape index (κ2) is 9.97. The van der Waals surface area contributed by atoms with Crippen molar-refractivity contribution in [2.24, 2.45) is 0 Å². The summed E-state index contributed by atoms with van der Waals surface area (Å²) >= 11 is 0. The number of nitrogens with zero attached hydrogens (tertiary/aromatic N) is 1. The van der Waals surface area contributed by atoms with Crippen LogP contribution in [0.1, 0.15) is 33.4 Å². The average Bonchev–Trinajstić information content (AvgIpc) is 2.89. The molecule has 0 unspecified atom stereocenters. The highest BCUT2D eigenvalue weighted by Gasteiger charge is 2.43. The highest BCUT2D eigenvalue weighted by atomic mass is 16.5. The van der Waals surface area contributed by atoms with E-state index in [1.807, 2.05) is 18.2 Å². The van der Waals surface area contributed by atoms with Gasteiger partial charge in [0.05, 0.1) is 40.4 Å². The normalized spacial score (nSPS) is 16.8. The number of amides is 2. The number of hydrogen-bond acceptors (Lipinski definition) is 6. The van der Waals surface area contributed by atoms with Crippen LogP contribution in [0.15, 0.2) is 60.7 Å². The van der Waals surface area contributed by atoms with Crippen molar-refractivity contribution in [2.75, 3.05) is 40.8 Å². The lowest BCUT2D eigenvalue weighted by Gasteiger charge is -2.40. The van der Waals surface area contributed by atoms with Crippen LogP contribution in [0.4, 0.5) is 5.69 Å². The van der Waals surface area contributed by atoms with Gasteiger partial charge in [0.15, 0.2) is 23.0 Å². The topological polar surface area (TPSA) is 86.3 Å². The van der Waals surface area contributed by atoms with E-state index in [4.69, 9.17) is 18.9 Å². The van der Waals surface area contributed by atoms with Gasteiger partial charge in [-0.05, 0) is 41.5 Å². The van der Waals surface area contributed by atoms with Gasteiger partial charge in [0.1, 0.15) is 0 Å². The van der Waals surface area contributed by atoms with Gasteiger partial charge < -0.3 is 29.2 Å². The number of ether oxygens (including phenoxy) is 4. The van der Waals surface area contributed by atoms with E-state index in [1.54, 1.807) is 75.7 Å². The molecule has 0 bridgehead atoms. The summed E-state index contributed by atoms with van der Waals surface area (Å²) in [4.78, 5) is 28.7. The Morgan fingerprint density at radius 1 is 0.800 bits per heavy atom. The van der Waals surface area contributed by atoms with Crippen molar-refractivity contribution >= 4 is 17.5 Å². The molecule has 0 fully saturated rings. The zero-order valence-electron chi connectivity index (χ0n) is 20.3. The van der Waals surface area contributed by atoms with Gasteiger partial charge in [0.2, 0.25) is 5.91 Å². The summed E-state index contributed by atoms with van der Waals surface area (Å²) in [5, 5.41) is 3.00. The molecule has 35 heavy (non-hydrogen) atoms. The van der Waals surface area contributed by atoms with E-state index in [2.05, 4.69) is 5.32 Å². The summed E-state index contributed by atoms with van der Waals surface area (Å²) < 4.78 is 21.5. The predicted molar refractivity (Wildman–Crippen MR) is 132 cm³/mol. The van der Waals surface area contributed by atoms with E-state index in [1.165, 1.54) is 7.11 Å². The number of rotatable bonds is 7. The van der Waals surface area contributed by atoms with Crippen LogP contribution in [-0.4, -0.2) is 52.2 Å². The van der Waals surface area contributed by atoms with Crippen molar-refractivity contribution in [3.05, 3.63) is 77.4 Å². The van der Waals surface area contributed by atoms with E-state index < -0.39 is 12.0 Å². The molecule has 3 aromatic rings. The van der Waals surface area contributed by atoms with E-state index in [-0.39, 0.29) is 11.8 Å². The number of fused-ring (bicyclic) bond motifs is 1. The van der Waals surface area contributed by atoms with Crippen molar-refractivity contribution in [2.45, 2.75) is 12.0 Å². The third-order valence-electron chi connectivity index (χ3n) is 6.26. The third-order valence-corrected chi connectivity index (χ3v) is 6.26. The van der Waals surface area contributed by atoms with E-state index in [0.29, 0.717) is 39.8 Å². The first-order valence-electron chi connectivity index (χ1n) is 11.0. The number of likely N-dealkylation sites (N-methyl/N-ethyl adjacent to an activating group) is 1. The van der Waals surface area contributed by atoms with Crippen LogP contribution in [0, 0.1) is 0 Å². The Labute approximate surface area is 204 Å². The van der Waals surface area contributed by atoms with E-state index in [9.17, 15) is 9.59 Å². The first-order chi connectivity index (χ1) is 16.9. The van der Waals surface area contributed by atoms with Crippen LogP contribution >= 0.6 is 0 Å². The predicted octanol–water partition coefficient (Wildman–Crippen LogP) is 4.27. The Morgan fingerprint density at radius 3 is 2.06 bits per heavy atom. The van der Waals surface area contributed by atoms with Gasteiger partial charge in [-0.15, -0.1) is 0 Å². The first-order valence-corrected chi connectivity index (χ1v) is 11.0. The summed E-state index contributed by atoms with van der Waals surface area (Å²) in [6.45, 7) is 0. The maximum absolute atomic E-state index is 13.8. The molecule has 0 radical (unpaired) electrons. The SMILES string of the molecule is COc1ccc(NC(=O)[C@H]2c3ccccc3C(=O)N(C)[C@H]2c2ccc(OC)c(OC)c2)cc1OC. The minimum Gasteiger partial charge on any atom is -0.493 e. The van der Waals surface area contributed by atoms with Crippen molar-refractivity contribution in [3.8, 4) is 23.0 Å². The average molecular weight is 477 g/mol. The highest BCUT2D eigenvalue weighted by Crippen LogP contribution is 2.44. The summed E-state index contributed by atoms with van der Waals surface area (Å²) in [5.74, 6) is 1.04. The van der Waals surface area contributed by atoms with Crippen LogP contribution in [0.5, 0.6) is 23.0 Å². The Hall–Kier alpha value is -4.20. The molecule has 4 rings (SSSR count). The first kappa shape index (κ1) is 23.9. The Balaban J connectivity index is 1.80. The fourth-order valence-corrected chi connectivity index (χ4v) is 4.54. The molecule has 1 N–H and O–H groups in total. The molecule has 0 saturated carbocycles. The van der Waals surface area contributed by atoms with Crippen molar-refractivity contribution in [1.29, 1.82) is 0 Å². The van der Waals surface area contributed by atoms with Crippen molar-refractivity contribution < 1.29 is 28.5 Å². The number of benzene rings is 3. The lowest BCUT2D eigenvalue weighted by atomic mass is 9.79. The van der Waals surface area contributed by atoms with Crippen LogP contribution in [0.2, 0.25) is 0 Å². The van der Waals surface area contributed by atoms with Gasteiger partial charge in [0, 0.05) is 24.4 Å². The summed E-state index contributed by atoms with van der Waals surface area (Å²) in [7, 11) is 7.90. The lowest BCUT2D eigenvalue weighted by molar-refractivity contribution is -0.119. The number of carbonyl (C=O) groups is 2. The molecule has 1 aliphatic heterocycles. The number of methoxy groups -OCH3 is 4. The van der Waals surface area contributed by atoms with Crippen LogP contribution in [0.25, 0.3) is 0 Å². The third kappa shape index (κ3) is 4.35. The van der Waals surface area contributed by atoms with Crippen LogP contribution in [-0.2, 0) is 4.79 Å². The highest BCUT2D eigenvalue weighted by molar-refractivity contribution is 6.04. The van der Waals surface area contributed by atoms with Crippen molar-refractivity contribution in [1.82, 2.24) is 4.90 Å². The standard InChI is InChI=1S/C27H28N2O6/c1-29-25(16-10-12-20(32-2)22(14-16)34-4)24(18-8-6-7-9-19(18)27(29)31)26(30)28-17-11-13-21(33-3)23(15-17)35-5/h6-15,24-25H,1-5H3,(H,28,30)/t24-,25-/m0/s1. The maximum atomic E-state index is 13.8. The number of carbonyl (C=O) groups excluding carboxylic acids is 2. The second-order valence-electron chi connectivity index (χ2n) is 8.10. The zero-order chi connectivity index (χ0) is 25.1. The fourth-order valence-electron chi connectivity index (χ4n) is 4.54. The second-order valence-corrected chi connectivity index (χ2v) is 8.10. The van der Waals surface area contributed by atoms with Gasteiger partial charge >= 0.3 is 0 Å². The summed E-state index contributed by atoms with van der Waals surface area (Å²) in [6, 6.07) is 17.2. The van der Waals surface area contributed by atoms with Gasteiger partial charge in [-0.25, -0.2) is 0 Å². The van der Waals surface area contributed by atoms with E-state index in [0.717, 1.165) is 5.56 Å². The molecule has 3 aromatic carbocycles. The van der Waals surface area contributed by atoms with E-state index >= 15 is 0 Å². The minimum atomic E-state index is -0.680. The molecule has 2 amide bonds.